The first-order chi connectivity index (χ1) is 63.0. The van der Waals surface area contributed by atoms with Gasteiger partial charge in [0, 0.05) is 88.8 Å². The minimum Gasteiger partial charge on any atom is -0.391 e. The van der Waals surface area contributed by atoms with Crippen LogP contribution in [0.3, 0.4) is 0 Å². The molecule has 3 aliphatic rings. The van der Waals surface area contributed by atoms with Crippen molar-refractivity contribution in [2.24, 2.45) is 51.6 Å². The van der Waals surface area contributed by atoms with Crippen LogP contribution in [0, 0.1) is 37.9 Å². The first-order valence-electron chi connectivity index (χ1n) is 43.6. The van der Waals surface area contributed by atoms with Gasteiger partial charge in [-0.3, -0.25) is 115 Å². The van der Waals surface area contributed by atoms with Gasteiger partial charge in [-0.25, -0.2) is 0 Å². The number of guanidine groups is 7. The van der Waals surface area contributed by atoms with Gasteiger partial charge in [-0.2, -0.15) is 0 Å². The lowest BCUT2D eigenvalue weighted by atomic mass is 10.0. The summed E-state index contributed by atoms with van der Waals surface area (Å²) in [7, 11) is 0. The van der Waals surface area contributed by atoms with E-state index in [1.807, 2.05) is 0 Å². The van der Waals surface area contributed by atoms with Crippen LogP contribution in [0.25, 0.3) is 10.9 Å². The summed E-state index contributed by atoms with van der Waals surface area (Å²) in [6, 6.07) is -14.7. The maximum Gasteiger partial charge on any atom is 0.246 e. The molecule has 1 aromatic carbocycles. The maximum atomic E-state index is 15.4. The van der Waals surface area contributed by atoms with Gasteiger partial charge in [0.15, 0.2) is 41.7 Å². The van der Waals surface area contributed by atoms with Gasteiger partial charge in [0.25, 0.3) is 0 Å². The fourth-order valence-electron chi connectivity index (χ4n) is 14.9. The van der Waals surface area contributed by atoms with Crippen LogP contribution in [0.2, 0.25) is 0 Å². The standard InChI is InChI=1S/C78H132N38O17/c1-39(117)58-69(131)110-48(20-9-31-100-77(91)92)62(124)109-49(24-25-55(79)118)65(127)106-47(19-8-30-99-76(89)90)64(126)112-52(36-56(80)119)67(129)108-46(18-7-29-98-75(87)88)63(125)111-50(21-10-32-101-78(93)94)70(132)116-34-12-23-54(116)71(133)115-33-11-22-53(115)68(130)113-51(35-40-37-102-42-14-3-2-13-41(40)42)66(128)107-45(17-6-28-97-74(85)86)61(123)105-44(16-5-27-96-73(83)84)60(122)104-43(15-4-26-95-72(81)82)59(121)103-38-57(120)114-58/h2-3,13-14,37,39,43-54,58,102,117H,4-12,15-36,38H2,1H3,(H2,79,118)(H2,80,119)(H,103,121)(H,104,122)(H,105,123)(H,106,127)(H,107,128)(H,108,129)(H,109,124)(H,110,131)(H,111,125)(H,112,126)(H,113,130)(H,114,120)(H4,81,82,95)(H4,83,84,96)(H4,85,86,97)(H4,87,88,98)(H4,89,90,99)(H4,91,92,100)(H4,93,94,101)/t39-,43+,44+,45+,46+,47+,48-,49+,50+,51+,52+,53-,54+,58+/m1/s1. The second kappa shape index (κ2) is 55.9. The quantitative estimate of drug-likeness (QED) is 0.0171. The van der Waals surface area contributed by atoms with E-state index in [9.17, 15) is 53.1 Å². The van der Waals surface area contributed by atoms with Crippen molar-refractivity contribution in [2.75, 3.05) is 65.4 Å². The van der Waals surface area contributed by atoms with Crippen molar-refractivity contribution in [3.05, 3.63) is 36.0 Å². The third-order valence-corrected chi connectivity index (χ3v) is 21.6. The molecule has 55 heteroatoms. The average molecular weight is 1870 g/mol. The second-order valence-corrected chi connectivity index (χ2v) is 32.1. The molecule has 0 spiro atoms. The third kappa shape index (κ3) is 38.8. The Morgan fingerprint density at radius 1 is 0.383 bits per heavy atom. The van der Waals surface area contributed by atoms with Crippen LogP contribution in [0.5, 0.6) is 0 Å². The van der Waals surface area contributed by atoms with Crippen molar-refractivity contribution in [3.63, 3.8) is 0 Å². The van der Waals surface area contributed by atoms with Gasteiger partial charge < -0.3 is 173 Å². The number of H-pyrrole nitrogens is 1. The predicted octanol–water partition coefficient (Wildman–Crippen LogP) is -12.5. The van der Waals surface area contributed by atoms with E-state index < -0.39 is 253 Å². The first kappa shape index (κ1) is 109. The Balaban J connectivity index is 1.71. The minimum atomic E-state index is -2.01. The van der Waals surface area contributed by atoms with E-state index >= 15 is 28.8 Å². The molecule has 46 N–H and O–H groups in total. The lowest BCUT2D eigenvalue weighted by Gasteiger charge is -2.34. The fraction of sp³-hybridized carbons (Fsp3) is 0.603. The van der Waals surface area contributed by atoms with Gasteiger partial charge in [-0.1, -0.05) is 18.2 Å². The van der Waals surface area contributed by atoms with E-state index in [4.69, 9.17) is 89.5 Å². The Kier molecular flexibility index (Phi) is 45.7. The van der Waals surface area contributed by atoms with Gasteiger partial charge in [0.2, 0.25) is 94.5 Å². The van der Waals surface area contributed by atoms with Crippen LogP contribution < -0.4 is 153 Å². The number of aromatic amines is 1. The normalized spacial score (nSPS) is 23.2. The molecule has 736 valence electrons. The molecule has 14 atom stereocenters. The van der Waals surface area contributed by atoms with Gasteiger partial charge in [0.1, 0.15) is 78.5 Å². The summed E-state index contributed by atoms with van der Waals surface area (Å²) < 4.78 is 0. The Bertz CT molecular complexity index is 4470. The molecule has 0 aliphatic carbocycles. The lowest BCUT2D eigenvalue weighted by molar-refractivity contribution is -0.148. The van der Waals surface area contributed by atoms with Crippen LogP contribution in [-0.4, -0.2) is 306 Å². The van der Waals surface area contributed by atoms with Crippen LogP contribution in [0.4, 0.5) is 0 Å². The van der Waals surface area contributed by atoms with E-state index in [1.54, 1.807) is 30.5 Å². The SMILES string of the molecule is C[C@@H](O)[C@@H]1NC(=O)CNC(=O)[C@H](CCCNC(=N)N)NC(=O)[C@H](CCCNC(=N)N)NC(=O)[C@H](CCCNC(=N)N)NC(=O)[C@H](Cc2c[nH]c3ccccc23)NC(=O)[C@H]2CCCN2C(=O)[C@@H]2CCCN2C(=O)[C@H](CCCNC(=N)N)NC(=O)[C@H](CCCNC(=N)N)NC(=O)[C@H](CC(N)=O)NC(=O)[C@H](CCCNC(=N)N)NC(=O)[C@H](CCC(N)=O)NC(=O)[C@@H](CCCNC(=N)N)NC1=O. The number of aliphatic hydroxyl groups is 1. The molecule has 4 heterocycles. The number of carbonyl (C=O) groups excluding carboxylic acids is 16. The third-order valence-electron chi connectivity index (χ3n) is 21.6. The summed E-state index contributed by atoms with van der Waals surface area (Å²) in [6.45, 7) is -0.606. The van der Waals surface area contributed by atoms with Crippen molar-refractivity contribution in [3.8, 4) is 0 Å². The summed E-state index contributed by atoms with van der Waals surface area (Å²) in [5.74, 6) is -20.4. The molecule has 5 rings (SSSR count). The molecular formula is C78H132N38O17. The summed E-state index contributed by atoms with van der Waals surface area (Å²) >= 11 is 0. The van der Waals surface area contributed by atoms with Crippen molar-refractivity contribution >= 4 is 147 Å². The van der Waals surface area contributed by atoms with Crippen molar-refractivity contribution in [1.29, 1.82) is 37.9 Å². The molecule has 3 aliphatic heterocycles. The predicted molar refractivity (Wildman–Crippen MR) is 484 cm³/mol. The maximum absolute atomic E-state index is 15.4. The van der Waals surface area contributed by atoms with E-state index in [2.05, 4.69) is 106 Å². The fourth-order valence-corrected chi connectivity index (χ4v) is 14.9. The zero-order valence-electron chi connectivity index (χ0n) is 74.2. The highest BCUT2D eigenvalue weighted by Gasteiger charge is 2.46. The smallest absolute Gasteiger partial charge is 0.246 e. The van der Waals surface area contributed by atoms with Gasteiger partial charge in [-0.05, 0) is 141 Å². The number of primary amides is 2. The van der Waals surface area contributed by atoms with E-state index in [0.717, 1.165) is 6.92 Å². The number of fused-ring (bicyclic) bond motifs is 3. The number of hydrogen-bond acceptors (Lipinski definition) is 24. The Morgan fingerprint density at radius 3 is 1.08 bits per heavy atom. The summed E-state index contributed by atoms with van der Waals surface area (Å²) in [5, 5.41) is 114. The number of hydrogen-bond donors (Lipinski definition) is 37. The molecular weight excluding hydrogens is 1740 g/mol. The van der Waals surface area contributed by atoms with Crippen LogP contribution in [-0.2, 0) is 83.1 Å². The first-order valence-corrected chi connectivity index (χ1v) is 43.6. The molecule has 2 aromatic rings. The van der Waals surface area contributed by atoms with Crippen molar-refractivity contribution in [1.82, 2.24) is 116 Å². The molecule has 55 nitrogen and oxygen atoms in total. The molecule has 16 amide bonds. The van der Waals surface area contributed by atoms with Gasteiger partial charge in [0.05, 0.1) is 19.1 Å². The number of benzene rings is 1. The molecule has 1 aromatic heterocycles. The van der Waals surface area contributed by atoms with Crippen LogP contribution in [0.15, 0.2) is 30.5 Å². The Labute approximate surface area is 765 Å². The second-order valence-electron chi connectivity index (χ2n) is 32.1. The average Bonchev–Trinajstić information content (AvgIpc) is 1.66. The number of amides is 16. The summed E-state index contributed by atoms with van der Waals surface area (Å²) in [4.78, 5) is 240. The monoisotopic (exact) mass is 1870 g/mol. The van der Waals surface area contributed by atoms with E-state index in [-0.39, 0.29) is 174 Å². The highest BCUT2D eigenvalue weighted by molar-refractivity contribution is 6.02. The summed E-state index contributed by atoms with van der Waals surface area (Å²) in [6.07, 6.45) is -4.66. The Morgan fingerprint density at radius 2 is 0.699 bits per heavy atom. The number of carbonyl (C=O) groups is 16. The highest BCUT2D eigenvalue weighted by atomic mass is 16.3. The number of rotatable bonds is 36. The highest BCUT2D eigenvalue weighted by Crippen LogP contribution is 2.28. The molecule has 0 unspecified atom stereocenters. The molecule has 3 saturated heterocycles. The number of nitrogens with one attached hydrogen (secondary N) is 27. The van der Waals surface area contributed by atoms with Crippen LogP contribution >= 0.6 is 0 Å². The zero-order chi connectivity index (χ0) is 98.6. The molecule has 3 fully saturated rings. The molecule has 133 heavy (non-hydrogen) atoms. The molecule has 0 saturated carbocycles. The molecule has 0 bridgehead atoms. The van der Waals surface area contributed by atoms with E-state index in [1.165, 1.54) is 9.80 Å². The molecule has 0 radical (unpaired) electrons. The number of aliphatic hydroxyl groups excluding tert-OH is 1. The minimum absolute atomic E-state index is 0.00276. The van der Waals surface area contributed by atoms with Crippen LogP contribution in [0.1, 0.15) is 147 Å². The topological polar surface area (TPSA) is 945 Å². The number of aromatic nitrogens is 1. The van der Waals surface area contributed by atoms with E-state index in [0.29, 0.717) is 16.5 Å². The van der Waals surface area contributed by atoms with Crippen molar-refractivity contribution < 1.29 is 81.8 Å². The summed E-state index contributed by atoms with van der Waals surface area (Å²) in [5.41, 5.74) is 51.4. The number of nitrogens with two attached hydrogens (primary N) is 9. The Hall–Kier alpha value is -14.9. The lowest BCUT2D eigenvalue weighted by Crippen LogP contribution is -2.61. The van der Waals surface area contributed by atoms with Crippen molar-refractivity contribution in [2.45, 2.75) is 233 Å². The van der Waals surface area contributed by atoms with Gasteiger partial charge in [-0.15, -0.1) is 0 Å². The number of nitrogens with zero attached hydrogens (tertiary/aromatic N) is 2. The largest absolute Gasteiger partial charge is 0.391 e. The van der Waals surface area contributed by atoms with Gasteiger partial charge >= 0.3 is 0 Å². The zero-order valence-corrected chi connectivity index (χ0v) is 74.2. The number of para-hydroxylation sites is 1.